The summed E-state index contributed by atoms with van der Waals surface area (Å²) in [7, 11) is 0. The van der Waals surface area contributed by atoms with E-state index in [9.17, 15) is 15.3 Å². The van der Waals surface area contributed by atoms with E-state index in [1.807, 2.05) is 38.1 Å². The molecule has 0 fully saturated rings. The van der Waals surface area contributed by atoms with Crippen LogP contribution in [-0.2, 0) is 17.6 Å². The topological polar surface area (TPSA) is 81.6 Å². The van der Waals surface area contributed by atoms with Gasteiger partial charge in [-0.05, 0) is 110 Å². The number of fused-ring (bicyclic) bond motifs is 1. The molecule has 2 aromatic heterocycles. The molecule has 0 radical (unpaired) electrons. The van der Waals surface area contributed by atoms with E-state index in [0.29, 0.717) is 10.6 Å². The second-order valence-electron chi connectivity index (χ2n) is 7.79. The molecule has 5 nitrogen and oxygen atoms in total. The van der Waals surface area contributed by atoms with Gasteiger partial charge >= 0.3 is 0 Å². The van der Waals surface area contributed by atoms with Gasteiger partial charge in [0.05, 0.1) is 5.56 Å². The molecule has 1 aliphatic carbocycles. The molecule has 0 spiro atoms. The highest BCUT2D eigenvalue weighted by molar-refractivity contribution is 14.1. The molecule has 0 unspecified atom stereocenters. The van der Waals surface area contributed by atoms with Crippen molar-refractivity contribution in [3.05, 3.63) is 72.4 Å². The Morgan fingerprint density at radius 3 is 2.59 bits per heavy atom. The number of nitriles is 2. The van der Waals surface area contributed by atoms with Crippen LogP contribution in [0.25, 0.3) is 11.8 Å². The Kier molecular flexibility index (Phi) is 6.50. The van der Waals surface area contributed by atoms with Gasteiger partial charge in [0.1, 0.15) is 22.7 Å². The van der Waals surface area contributed by atoms with Crippen LogP contribution in [0.15, 0.2) is 35.9 Å². The molecule has 1 aliphatic rings. The lowest BCUT2D eigenvalue weighted by molar-refractivity contribution is -0.112. The second-order valence-corrected chi connectivity index (χ2v) is 10.1. The van der Waals surface area contributed by atoms with Crippen LogP contribution in [0.2, 0.25) is 0 Å². The highest BCUT2D eigenvalue weighted by Gasteiger charge is 2.23. The fourth-order valence-electron chi connectivity index (χ4n) is 4.17. The minimum Gasteiger partial charge on any atom is -0.318 e. The SMILES string of the molecule is Cc1cc(C=C(C#N)C(=O)Nc2sc3c(c2C#N)CCCC3)c(C)n1-c1ccc(I)cc1. The lowest BCUT2D eigenvalue weighted by Gasteiger charge is -2.10. The molecule has 0 aliphatic heterocycles. The first-order valence-corrected chi connectivity index (χ1v) is 12.2. The molecular formula is C25H21IN4OS. The van der Waals surface area contributed by atoms with Gasteiger partial charge in [0, 0.05) is 25.5 Å². The van der Waals surface area contributed by atoms with Crippen LogP contribution in [0, 0.1) is 40.1 Å². The predicted molar refractivity (Wildman–Crippen MR) is 136 cm³/mol. The number of hydrogen-bond acceptors (Lipinski definition) is 4. The number of carbonyl (C=O) groups is 1. The summed E-state index contributed by atoms with van der Waals surface area (Å²) in [4.78, 5) is 14.1. The molecular weight excluding hydrogens is 531 g/mol. The van der Waals surface area contributed by atoms with Crippen molar-refractivity contribution in [3.8, 4) is 17.8 Å². The molecule has 4 rings (SSSR count). The molecule has 32 heavy (non-hydrogen) atoms. The third kappa shape index (κ3) is 4.23. The van der Waals surface area contributed by atoms with Gasteiger partial charge in [-0.15, -0.1) is 11.3 Å². The smallest absolute Gasteiger partial charge is 0.266 e. The number of aryl methyl sites for hydroxylation is 2. The quantitative estimate of drug-likeness (QED) is 0.243. The van der Waals surface area contributed by atoms with Gasteiger partial charge < -0.3 is 9.88 Å². The number of benzene rings is 1. The molecule has 1 aromatic carbocycles. The van der Waals surface area contributed by atoms with E-state index in [2.05, 4.69) is 50.7 Å². The Morgan fingerprint density at radius 2 is 1.91 bits per heavy atom. The van der Waals surface area contributed by atoms with E-state index in [-0.39, 0.29) is 5.57 Å². The van der Waals surface area contributed by atoms with Crippen LogP contribution in [0.5, 0.6) is 0 Å². The summed E-state index contributed by atoms with van der Waals surface area (Å²) < 4.78 is 3.26. The highest BCUT2D eigenvalue weighted by atomic mass is 127. The Bertz CT molecular complexity index is 1320. The zero-order chi connectivity index (χ0) is 22.8. The Hall–Kier alpha value is -2.88. The largest absolute Gasteiger partial charge is 0.318 e. The number of halogens is 1. The third-order valence-corrected chi connectivity index (χ3v) is 7.66. The van der Waals surface area contributed by atoms with Crippen LogP contribution in [0.4, 0.5) is 5.00 Å². The molecule has 2 heterocycles. The second kappa shape index (κ2) is 9.32. The molecule has 3 aromatic rings. The lowest BCUT2D eigenvalue weighted by atomic mass is 9.96. The minimum atomic E-state index is -0.485. The monoisotopic (exact) mass is 552 g/mol. The van der Waals surface area contributed by atoms with Crippen molar-refractivity contribution in [2.45, 2.75) is 39.5 Å². The van der Waals surface area contributed by atoms with Gasteiger partial charge in [-0.2, -0.15) is 10.5 Å². The molecule has 160 valence electrons. The third-order valence-electron chi connectivity index (χ3n) is 5.73. The van der Waals surface area contributed by atoms with Crippen LogP contribution >= 0.6 is 33.9 Å². The molecule has 0 bridgehead atoms. The Balaban J connectivity index is 1.64. The number of hydrogen-bond donors (Lipinski definition) is 1. The van der Waals surface area contributed by atoms with Crippen LogP contribution in [-0.4, -0.2) is 10.5 Å². The van der Waals surface area contributed by atoms with E-state index in [1.165, 1.54) is 16.2 Å². The normalized spacial score (nSPS) is 13.2. The summed E-state index contributed by atoms with van der Waals surface area (Å²) in [6, 6.07) is 14.5. The summed E-state index contributed by atoms with van der Waals surface area (Å²) in [5.41, 5.74) is 5.45. The van der Waals surface area contributed by atoms with E-state index in [0.717, 1.165) is 57.5 Å². The highest BCUT2D eigenvalue weighted by Crippen LogP contribution is 2.37. The lowest BCUT2D eigenvalue weighted by Crippen LogP contribution is -2.13. The van der Waals surface area contributed by atoms with Gasteiger partial charge in [-0.3, -0.25) is 4.79 Å². The molecule has 7 heteroatoms. The number of amides is 1. The summed E-state index contributed by atoms with van der Waals surface area (Å²) in [5, 5.41) is 22.7. The van der Waals surface area contributed by atoms with Gasteiger partial charge in [0.2, 0.25) is 0 Å². The van der Waals surface area contributed by atoms with Gasteiger partial charge in [-0.25, -0.2) is 0 Å². The van der Waals surface area contributed by atoms with E-state index >= 15 is 0 Å². The number of thiophene rings is 1. The average Bonchev–Trinajstić information content (AvgIpc) is 3.28. The van der Waals surface area contributed by atoms with Crippen molar-refractivity contribution in [3.63, 3.8) is 0 Å². The number of carbonyl (C=O) groups excluding carboxylic acids is 1. The summed E-state index contributed by atoms with van der Waals surface area (Å²) in [5.74, 6) is -0.485. The molecule has 1 amide bonds. The van der Waals surface area contributed by atoms with Crippen LogP contribution in [0.3, 0.4) is 0 Å². The average molecular weight is 552 g/mol. The molecule has 0 saturated heterocycles. The van der Waals surface area contributed by atoms with Gasteiger partial charge in [-0.1, -0.05) is 0 Å². The van der Waals surface area contributed by atoms with Crippen molar-refractivity contribution in [2.75, 3.05) is 5.32 Å². The Morgan fingerprint density at radius 1 is 1.19 bits per heavy atom. The maximum Gasteiger partial charge on any atom is 0.266 e. The number of nitrogens with zero attached hydrogens (tertiary/aromatic N) is 3. The van der Waals surface area contributed by atoms with Gasteiger partial charge in [0.25, 0.3) is 5.91 Å². The van der Waals surface area contributed by atoms with Crippen LogP contribution in [0.1, 0.15) is 45.8 Å². The number of aromatic nitrogens is 1. The first-order valence-electron chi connectivity index (χ1n) is 10.4. The van der Waals surface area contributed by atoms with Crippen molar-refractivity contribution >= 4 is 50.9 Å². The fraction of sp³-hybridized carbons (Fsp3) is 0.240. The molecule has 0 atom stereocenters. The molecule has 1 N–H and O–H groups in total. The maximum atomic E-state index is 12.9. The summed E-state index contributed by atoms with van der Waals surface area (Å²) in [6.45, 7) is 3.98. The minimum absolute atomic E-state index is 0.0168. The number of nitrogens with one attached hydrogen (secondary N) is 1. The zero-order valence-electron chi connectivity index (χ0n) is 17.8. The van der Waals surface area contributed by atoms with E-state index in [1.54, 1.807) is 6.08 Å². The maximum absolute atomic E-state index is 12.9. The van der Waals surface area contributed by atoms with Gasteiger partial charge in [0.15, 0.2) is 0 Å². The summed E-state index contributed by atoms with van der Waals surface area (Å²) >= 11 is 3.73. The number of rotatable bonds is 4. The first-order chi connectivity index (χ1) is 15.4. The van der Waals surface area contributed by atoms with Crippen LogP contribution < -0.4 is 5.32 Å². The summed E-state index contributed by atoms with van der Waals surface area (Å²) in [6.07, 6.45) is 5.60. The van der Waals surface area contributed by atoms with Crippen molar-refractivity contribution in [2.24, 2.45) is 0 Å². The molecule has 0 saturated carbocycles. The van der Waals surface area contributed by atoms with Crippen molar-refractivity contribution in [1.29, 1.82) is 10.5 Å². The standard InChI is InChI=1S/C25H21IN4OS/c1-15-11-17(16(2)30(15)20-9-7-19(26)8-10-20)12-18(13-27)24(31)29-25-22(14-28)21-5-3-4-6-23(21)32-25/h7-12H,3-6H2,1-2H3,(H,29,31). The van der Waals surface area contributed by atoms with Crippen molar-refractivity contribution < 1.29 is 4.79 Å². The van der Waals surface area contributed by atoms with E-state index in [4.69, 9.17) is 0 Å². The van der Waals surface area contributed by atoms with E-state index < -0.39 is 5.91 Å². The fourth-order valence-corrected chi connectivity index (χ4v) is 5.76. The van der Waals surface area contributed by atoms with Crippen molar-refractivity contribution in [1.82, 2.24) is 4.57 Å². The predicted octanol–water partition coefficient (Wildman–Crippen LogP) is 6.06. The number of anilines is 1. The Labute approximate surface area is 205 Å². The first kappa shape index (κ1) is 22.3. The zero-order valence-corrected chi connectivity index (χ0v) is 20.8.